The molecule has 2 rings (SSSR count). The maximum Gasteiger partial charge on any atom is 0.305 e. The van der Waals surface area contributed by atoms with E-state index in [0.717, 1.165) is 5.56 Å². The number of benzene rings is 1. The zero-order valence-electron chi connectivity index (χ0n) is 17.3. The first-order chi connectivity index (χ1) is 14.0. The van der Waals surface area contributed by atoms with E-state index in [-0.39, 0.29) is 30.3 Å². The highest BCUT2D eigenvalue weighted by Crippen LogP contribution is 2.31. The number of esters is 1. The lowest BCUT2D eigenvalue weighted by atomic mass is 9.93. The number of unbranched alkanes of at least 4 members (excludes halogenated alkanes) is 1. The van der Waals surface area contributed by atoms with Gasteiger partial charge in [-0.25, -0.2) is 0 Å². The fourth-order valence-electron chi connectivity index (χ4n) is 3.40. The molecule has 1 amide bonds. The van der Waals surface area contributed by atoms with Gasteiger partial charge in [0.2, 0.25) is 5.91 Å². The molecule has 1 aromatic rings. The van der Waals surface area contributed by atoms with Crippen molar-refractivity contribution in [2.45, 2.75) is 32.2 Å². The summed E-state index contributed by atoms with van der Waals surface area (Å²) in [7, 11) is 4.53. The lowest BCUT2D eigenvalue weighted by Gasteiger charge is -2.19. The number of rotatable bonds is 9. The van der Waals surface area contributed by atoms with Crippen molar-refractivity contribution in [3.63, 3.8) is 0 Å². The number of nitrogens with zero attached hydrogens (tertiary/aromatic N) is 1. The van der Waals surface area contributed by atoms with E-state index in [2.05, 4.69) is 16.6 Å². The van der Waals surface area contributed by atoms with Gasteiger partial charge in [0.05, 0.1) is 27.2 Å². The fraction of sp³-hybridized carbons (Fsp3) is 0.545. The highest BCUT2D eigenvalue weighted by atomic mass is 16.5. The van der Waals surface area contributed by atoms with E-state index in [1.165, 1.54) is 7.11 Å². The molecule has 0 radical (unpaired) electrons. The first-order valence-corrected chi connectivity index (χ1v) is 9.67. The Hall–Kier alpha value is -2.72. The topological polar surface area (TPSA) is 85.3 Å². The van der Waals surface area contributed by atoms with Crippen LogP contribution in [0.4, 0.5) is 0 Å². The molecule has 0 saturated carbocycles. The third-order valence-corrected chi connectivity index (χ3v) is 5.10. The van der Waals surface area contributed by atoms with Crippen LogP contribution in [0.2, 0.25) is 0 Å². The first-order valence-electron chi connectivity index (χ1n) is 9.67. The van der Waals surface area contributed by atoms with E-state index in [1.54, 1.807) is 25.2 Å². The Morgan fingerprint density at radius 1 is 1.24 bits per heavy atom. The lowest BCUT2D eigenvalue weighted by molar-refractivity contribution is -0.140. The number of ether oxygens (including phenoxy) is 3. The number of aliphatic hydroxyl groups is 1. The van der Waals surface area contributed by atoms with Crippen LogP contribution in [0.5, 0.6) is 11.5 Å². The zero-order valence-corrected chi connectivity index (χ0v) is 17.3. The number of methoxy groups -OCH3 is 3. The van der Waals surface area contributed by atoms with Gasteiger partial charge in [-0.05, 0) is 18.6 Å². The summed E-state index contributed by atoms with van der Waals surface area (Å²) in [6.07, 6.45) is 1.94. The molecule has 158 valence electrons. The SMILES string of the molecule is COC(=O)CCCC#CCC1C(=O)N(Cc2ccc(OC)cc2OC)CC1CO. The Kier molecular flexibility index (Phi) is 8.81. The summed E-state index contributed by atoms with van der Waals surface area (Å²) in [6.45, 7) is 0.835. The molecule has 1 heterocycles. The van der Waals surface area contributed by atoms with Crippen molar-refractivity contribution in [1.82, 2.24) is 4.90 Å². The quantitative estimate of drug-likeness (QED) is 0.386. The molecular formula is C22H29NO6. The van der Waals surface area contributed by atoms with Crippen LogP contribution in [0.3, 0.4) is 0 Å². The maximum absolute atomic E-state index is 12.9. The van der Waals surface area contributed by atoms with Crippen LogP contribution in [0.25, 0.3) is 0 Å². The second-order valence-electron chi connectivity index (χ2n) is 6.93. The molecular weight excluding hydrogens is 374 g/mol. The molecule has 7 nitrogen and oxygen atoms in total. The minimum absolute atomic E-state index is 0.00854. The zero-order chi connectivity index (χ0) is 21.2. The third-order valence-electron chi connectivity index (χ3n) is 5.10. The van der Waals surface area contributed by atoms with Gasteiger partial charge in [-0.3, -0.25) is 9.59 Å². The predicted octanol–water partition coefficient (Wildman–Crippen LogP) is 2.01. The van der Waals surface area contributed by atoms with Gasteiger partial charge in [0.1, 0.15) is 11.5 Å². The second kappa shape index (κ2) is 11.3. The molecule has 0 aromatic heterocycles. The van der Waals surface area contributed by atoms with Gasteiger partial charge in [-0.15, -0.1) is 11.8 Å². The number of carbonyl (C=O) groups excluding carboxylic acids is 2. The van der Waals surface area contributed by atoms with E-state index in [0.29, 0.717) is 50.3 Å². The molecule has 2 unspecified atom stereocenters. The van der Waals surface area contributed by atoms with E-state index in [4.69, 9.17) is 9.47 Å². The molecule has 2 atom stereocenters. The first kappa shape index (κ1) is 22.6. The van der Waals surface area contributed by atoms with E-state index >= 15 is 0 Å². The highest BCUT2D eigenvalue weighted by Gasteiger charge is 2.39. The summed E-state index contributed by atoms with van der Waals surface area (Å²) in [4.78, 5) is 25.7. The second-order valence-corrected chi connectivity index (χ2v) is 6.93. The van der Waals surface area contributed by atoms with E-state index in [1.807, 2.05) is 12.1 Å². The largest absolute Gasteiger partial charge is 0.497 e. The molecule has 0 spiro atoms. The van der Waals surface area contributed by atoms with Crippen molar-refractivity contribution in [2.75, 3.05) is 34.5 Å². The normalized spacial score (nSPS) is 18.2. The summed E-state index contributed by atoms with van der Waals surface area (Å²) in [6, 6.07) is 5.50. The molecule has 29 heavy (non-hydrogen) atoms. The fourth-order valence-corrected chi connectivity index (χ4v) is 3.40. The van der Waals surface area contributed by atoms with Crippen LogP contribution in [0, 0.1) is 23.7 Å². The van der Waals surface area contributed by atoms with Gasteiger partial charge in [-0.2, -0.15) is 0 Å². The molecule has 1 aliphatic heterocycles. The van der Waals surface area contributed by atoms with Crippen LogP contribution in [0.1, 0.15) is 31.2 Å². The van der Waals surface area contributed by atoms with Crippen LogP contribution >= 0.6 is 0 Å². The average Bonchev–Trinajstić information content (AvgIpc) is 3.05. The molecule has 1 aliphatic rings. The molecule has 1 saturated heterocycles. The van der Waals surface area contributed by atoms with E-state index in [9.17, 15) is 14.7 Å². The Balaban J connectivity index is 1.96. The van der Waals surface area contributed by atoms with E-state index < -0.39 is 0 Å². The van der Waals surface area contributed by atoms with Crippen LogP contribution in [-0.2, 0) is 20.9 Å². The van der Waals surface area contributed by atoms with Crippen LogP contribution < -0.4 is 9.47 Å². The molecule has 0 aliphatic carbocycles. The van der Waals surface area contributed by atoms with Crippen LogP contribution in [-0.4, -0.2) is 56.4 Å². The summed E-state index contributed by atoms with van der Waals surface area (Å²) >= 11 is 0. The van der Waals surface area contributed by atoms with Gasteiger partial charge in [0.25, 0.3) is 0 Å². The number of hydrogen-bond donors (Lipinski definition) is 1. The number of hydrogen-bond acceptors (Lipinski definition) is 6. The smallest absolute Gasteiger partial charge is 0.305 e. The molecule has 1 fully saturated rings. The Morgan fingerprint density at radius 3 is 2.69 bits per heavy atom. The van der Waals surface area contributed by atoms with Gasteiger partial charge < -0.3 is 24.2 Å². The minimum atomic E-state index is -0.322. The third kappa shape index (κ3) is 6.13. The predicted molar refractivity (Wildman–Crippen MR) is 107 cm³/mol. The number of carbonyl (C=O) groups is 2. The average molecular weight is 403 g/mol. The number of aliphatic hydroxyl groups excluding tert-OH is 1. The Morgan fingerprint density at radius 2 is 2.03 bits per heavy atom. The van der Waals surface area contributed by atoms with Gasteiger partial charge in [0.15, 0.2) is 0 Å². The summed E-state index contributed by atoms with van der Waals surface area (Å²) in [5, 5.41) is 9.72. The van der Waals surface area contributed by atoms with Gasteiger partial charge in [0, 0.05) is 56.5 Å². The van der Waals surface area contributed by atoms with Crippen molar-refractivity contribution >= 4 is 11.9 Å². The summed E-state index contributed by atoms with van der Waals surface area (Å²) in [5.41, 5.74) is 0.882. The Bertz CT molecular complexity index is 766. The lowest BCUT2D eigenvalue weighted by Crippen LogP contribution is -2.27. The Labute approximate surface area is 171 Å². The molecule has 0 bridgehead atoms. The minimum Gasteiger partial charge on any atom is -0.497 e. The number of amides is 1. The van der Waals surface area contributed by atoms with Crippen molar-refractivity contribution in [2.24, 2.45) is 11.8 Å². The summed E-state index contributed by atoms with van der Waals surface area (Å²) in [5.74, 6) is 6.67. The molecule has 1 aromatic carbocycles. The molecule has 1 N–H and O–H groups in total. The highest BCUT2D eigenvalue weighted by molar-refractivity contribution is 5.81. The maximum atomic E-state index is 12.9. The van der Waals surface area contributed by atoms with Crippen LogP contribution in [0.15, 0.2) is 18.2 Å². The standard InChI is InChI=1S/C22H29NO6/c1-27-18-11-10-16(20(12-18)28-2)13-23-14-17(15-24)19(22(23)26)8-6-4-5-7-9-21(25)29-3/h10-12,17,19,24H,5,7-9,13-15H2,1-3H3. The van der Waals surface area contributed by atoms with Crippen molar-refractivity contribution in [3.8, 4) is 23.3 Å². The van der Waals surface area contributed by atoms with Crippen molar-refractivity contribution in [1.29, 1.82) is 0 Å². The summed E-state index contributed by atoms with van der Waals surface area (Å²) < 4.78 is 15.2. The van der Waals surface area contributed by atoms with Gasteiger partial charge in [-0.1, -0.05) is 0 Å². The molecule has 7 heteroatoms. The van der Waals surface area contributed by atoms with Crippen molar-refractivity contribution < 1.29 is 28.9 Å². The monoisotopic (exact) mass is 403 g/mol. The van der Waals surface area contributed by atoms with Crippen molar-refractivity contribution in [3.05, 3.63) is 23.8 Å². The number of likely N-dealkylation sites (tertiary alicyclic amines) is 1. The van der Waals surface area contributed by atoms with Gasteiger partial charge >= 0.3 is 5.97 Å².